The number of thiophene rings is 1. The summed E-state index contributed by atoms with van der Waals surface area (Å²) in [5, 5.41) is 8.61. The number of hydrogen-bond donors (Lipinski definition) is 1. The molecule has 1 atom stereocenters. The number of thioether (sulfide) groups is 1. The standard InChI is InChI=1S/C28H33N5O2S2/c1-15(2)19-14-36-26-23(21-13-18-7-10-30-27(29-4)25(18)37-21)22(28-31-16(3)33-35-28)20(32-24(19)26)6-5-17-8-11-34-12-9-17/h7,10,13,15,17,19H,5-6,8-9,11-12,14H2,1-4H3,(H,29,30). The van der Waals surface area contributed by atoms with Gasteiger partial charge in [0.05, 0.1) is 21.7 Å². The second kappa shape index (κ2) is 10.3. The van der Waals surface area contributed by atoms with E-state index in [2.05, 4.69) is 41.4 Å². The zero-order valence-corrected chi connectivity index (χ0v) is 23.5. The number of aromatic nitrogens is 4. The molecule has 0 aliphatic carbocycles. The molecule has 1 unspecified atom stereocenters. The molecule has 7 nitrogen and oxygen atoms in total. The van der Waals surface area contributed by atoms with Gasteiger partial charge in [-0.15, -0.1) is 23.1 Å². The molecule has 1 N–H and O–H groups in total. The summed E-state index contributed by atoms with van der Waals surface area (Å²) in [6.07, 6.45) is 6.09. The van der Waals surface area contributed by atoms with Crippen molar-refractivity contribution in [1.29, 1.82) is 0 Å². The van der Waals surface area contributed by atoms with E-state index in [1.807, 2.05) is 31.9 Å². The van der Waals surface area contributed by atoms with E-state index < -0.39 is 0 Å². The van der Waals surface area contributed by atoms with Crippen LogP contribution in [-0.2, 0) is 11.2 Å². The number of aryl methyl sites for hydroxylation is 2. The van der Waals surface area contributed by atoms with Gasteiger partial charge >= 0.3 is 0 Å². The zero-order valence-electron chi connectivity index (χ0n) is 21.8. The van der Waals surface area contributed by atoms with E-state index in [1.54, 1.807) is 11.3 Å². The van der Waals surface area contributed by atoms with Crippen molar-refractivity contribution in [3.63, 3.8) is 0 Å². The van der Waals surface area contributed by atoms with Gasteiger partial charge in [0.1, 0.15) is 5.82 Å². The first kappa shape index (κ1) is 24.8. The van der Waals surface area contributed by atoms with E-state index in [4.69, 9.17) is 19.2 Å². The first-order valence-electron chi connectivity index (χ1n) is 13.2. The maximum atomic E-state index is 5.85. The van der Waals surface area contributed by atoms with Gasteiger partial charge in [-0.25, -0.2) is 4.98 Å². The minimum absolute atomic E-state index is 0.433. The molecule has 0 spiro atoms. The lowest BCUT2D eigenvalue weighted by molar-refractivity contribution is 0.0639. The molecular formula is C28H33N5O2S2. The first-order chi connectivity index (χ1) is 18.0. The lowest BCUT2D eigenvalue weighted by atomic mass is 9.89. The Morgan fingerprint density at radius 2 is 2.00 bits per heavy atom. The van der Waals surface area contributed by atoms with Crippen LogP contribution in [0.1, 0.15) is 56.2 Å². The molecule has 0 aromatic carbocycles. The van der Waals surface area contributed by atoms with Crippen LogP contribution in [0.3, 0.4) is 0 Å². The quantitative estimate of drug-likeness (QED) is 0.272. The highest BCUT2D eigenvalue weighted by molar-refractivity contribution is 7.99. The topological polar surface area (TPSA) is 86.0 Å². The summed E-state index contributed by atoms with van der Waals surface area (Å²) in [6, 6.07) is 4.38. The van der Waals surface area contributed by atoms with Crippen LogP contribution in [0.5, 0.6) is 0 Å². The highest BCUT2D eigenvalue weighted by Gasteiger charge is 2.35. The van der Waals surface area contributed by atoms with Gasteiger partial charge in [-0.2, -0.15) is 4.98 Å². The third kappa shape index (κ3) is 4.66. The van der Waals surface area contributed by atoms with Gasteiger partial charge in [0.25, 0.3) is 5.89 Å². The fraction of sp³-hybridized carbons (Fsp3) is 0.500. The first-order valence-corrected chi connectivity index (χ1v) is 15.0. The molecular weight excluding hydrogens is 502 g/mol. The van der Waals surface area contributed by atoms with Crippen molar-refractivity contribution in [2.24, 2.45) is 11.8 Å². The second-order valence-corrected chi connectivity index (χ2v) is 12.4. The Morgan fingerprint density at radius 1 is 1.16 bits per heavy atom. The van der Waals surface area contributed by atoms with Crippen LogP contribution in [0.25, 0.3) is 32.0 Å². The van der Waals surface area contributed by atoms with Crippen LogP contribution in [0.4, 0.5) is 5.82 Å². The number of rotatable bonds is 7. The molecule has 0 amide bonds. The van der Waals surface area contributed by atoms with Crippen molar-refractivity contribution >= 4 is 39.0 Å². The fourth-order valence-electron chi connectivity index (χ4n) is 5.48. The van der Waals surface area contributed by atoms with Crippen LogP contribution in [0, 0.1) is 18.8 Å². The lowest BCUT2D eigenvalue weighted by Crippen LogP contribution is -2.17. The monoisotopic (exact) mass is 535 g/mol. The summed E-state index contributed by atoms with van der Waals surface area (Å²) in [7, 11) is 1.93. The average Bonchev–Trinajstić information content (AvgIpc) is 3.64. The summed E-state index contributed by atoms with van der Waals surface area (Å²) in [4.78, 5) is 17.1. The minimum Gasteiger partial charge on any atom is -0.381 e. The van der Waals surface area contributed by atoms with Gasteiger partial charge in [0, 0.05) is 53.5 Å². The average molecular weight is 536 g/mol. The van der Waals surface area contributed by atoms with Gasteiger partial charge in [-0.3, -0.25) is 4.98 Å². The minimum atomic E-state index is 0.433. The van der Waals surface area contributed by atoms with E-state index >= 15 is 0 Å². The van der Waals surface area contributed by atoms with Gasteiger partial charge in [-0.05, 0) is 62.0 Å². The third-order valence-corrected chi connectivity index (χ3v) is 10.0. The molecule has 37 heavy (non-hydrogen) atoms. The Kier molecular flexibility index (Phi) is 6.94. The molecule has 9 heteroatoms. The fourth-order valence-corrected chi connectivity index (χ4v) is 8.35. The van der Waals surface area contributed by atoms with Crippen LogP contribution in [0.2, 0.25) is 0 Å². The highest BCUT2D eigenvalue weighted by Crippen LogP contribution is 2.53. The number of fused-ring (bicyclic) bond motifs is 2. The Hall–Kier alpha value is -2.49. The molecule has 194 valence electrons. The Labute approximate surface area is 225 Å². The third-order valence-electron chi connectivity index (χ3n) is 7.61. The normalized spacial score (nSPS) is 18.1. The summed E-state index contributed by atoms with van der Waals surface area (Å²) >= 11 is 3.70. The smallest absolute Gasteiger partial charge is 0.260 e. The van der Waals surface area contributed by atoms with Crippen molar-refractivity contribution in [1.82, 2.24) is 20.1 Å². The molecule has 6 rings (SSSR count). The molecule has 6 heterocycles. The van der Waals surface area contributed by atoms with Crippen molar-refractivity contribution in [3.05, 3.63) is 35.5 Å². The predicted octanol–water partition coefficient (Wildman–Crippen LogP) is 6.96. The summed E-state index contributed by atoms with van der Waals surface area (Å²) in [5.74, 6) is 4.78. The Morgan fingerprint density at radius 3 is 2.73 bits per heavy atom. The van der Waals surface area contributed by atoms with E-state index in [0.29, 0.717) is 29.5 Å². The van der Waals surface area contributed by atoms with Gasteiger partial charge in [-0.1, -0.05) is 19.0 Å². The van der Waals surface area contributed by atoms with Crippen molar-refractivity contribution in [2.45, 2.75) is 57.3 Å². The molecule has 1 fully saturated rings. The van der Waals surface area contributed by atoms with E-state index in [1.165, 1.54) is 26.4 Å². The Balaban J connectivity index is 1.57. The van der Waals surface area contributed by atoms with E-state index in [0.717, 1.165) is 66.4 Å². The van der Waals surface area contributed by atoms with Gasteiger partial charge < -0.3 is 14.6 Å². The van der Waals surface area contributed by atoms with E-state index in [-0.39, 0.29) is 0 Å². The van der Waals surface area contributed by atoms with Gasteiger partial charge in [0.15, 0.2) is 5.82 Å². The number of nitrogens with one attached hydrogen (secondary N) is 1. The van der Waals surface area contributed by atoms with Gasteiger partial charge in [0.2, 0.25) is 0 Å². The molecule has 0 bridgehead atoms. The molecule has 4 aromatic heterocycles. The number of ether oxygens (including phenoxy) is 1. The molecule has 1 saturated heterocycles. The Bertz CT molecular complexity index is 1420. The summed E-state index contributed by atoms with van der Waals surface area (Å²) < 4.78 is 12.6. The number of hydrogen-bond acceptors (Lipinski definition) is 9. The van der Waals surface area contributed by atoms with Crippen LogP contribution < -0.4 is 5.32 Å². The summed E-state index contributed by atoms with van der Waals surface area (Å²) in [6.45, 7) is 8.22. The maximum absolute atomic E-state index is 5.85. The molecule has 2 aliphatic rings. The highest BCUT2D eigenvalue weighted by atomic mass is 32.2. The predicted molar refractivity (Wildman–Crippen MR) is 151 cm³/mol. The SMILES string of the molecule is CNc1nccc2cc(-c3c4c(nc(CCC5CCOCC5)c3-c3nc(C)no3)C(C(C)C)CS4)sc12. The zero-order chi connectivity index (χ0) is 25.5. The number of anilines is 1. The second-order valence-electron chi connectivity index (χ2n) is 10.4. The number of pyridine rings is 2. The van der Waals surface area contributed by atoms with Crippen LogP contribution in [-0.4, -0.2) is 46.1 Å². The number of nitrogens with zero attached hydrogens (tertiary/aromatic N) is 4. The van der Waals surface area contributed by atoms with Crippen molar-refractivity contribution in [2.75, 3.05) is 31.3 Å². The largest absolute Gasteiger partial charge is 0.381 e. The van der Waals surface area contributed by atoms with Crippen molar-refractivity contribution in [3.8, 4) is 21.9 Å². The summed E-state index contributed by atoms with van der Waals surface area (Å²) in [5.41, 5.74) is 4.53. The van der Waals surface area contributed by atoms with Crippen molar-refractivity contribution < 1.29 is 9.26 Å². The molecule has 4 aromatic rings. The lowest BCUT2D eigenvalue weighted by Gasteiger charge is -2.23. The molecule has 2 aliphatic heterocycles. The molecule has 0 radical (unpaired) electrons. The molecule has 0 saturated carbocycles. The van der Waals surface area contributed by atoms with E-state index in [9.17, 15) is 0 Å². The van der Waals surface area contributed by atoms with Crippen LogP contribution in [0.15, 0.2) is 27.7 Å². The van der Waals surface area contributed by atoms with Crippen LogP contribution >= 0.6 is 23.1 Å². The maximum Gasteiger partial charge on any atom is 0.260 e.